The molecule has 0 heterocycles. The molecule has 0 bridgehead atoms. The molecule has 0 aliphatic carbocycles. The summed E-state index contributed by atoms with van der Waals surface area (Å²) in [5.74, 6) is 0. The minimum atomic E-state index is -5.31. The Hall–Kier alpha value is 1.01. The molecule has 0 amide bonds. The Morgan fingerprint density at radius 3 is 0.545 bits per heavy atom. The van der Waals surface area contributed by atoms with E-state index in [1.807, 2.05) is 0 Å². The van der Waals surface area contributed by atoms with Crippen LogP contribution in [0.5, 0.6) is 0 Å². The topological polar surface area (TPSA) is 266 Å². The molecule has 0 radical (unpaired) electrons. The van der Waals surface area contributed by atoms with Crippen molar-refractivity contribution < 1.29 is 69.2 Å². The Morgan fingerprint density at radius 2 is 0.500 bits per heavy atom. The minimum absolute atomic E-state index is 0. The van der Waals surface area contributed by atoms with E-state index in [9.17, 15) is 51.9 Å². The summed E-state index contributed by atoms with van der Waals surface area (Å²) in [7, 11) is -21.2. The van der Waals surface area contributed by atoms with Gasteiger partial charge in [0, 0.05) is 0 Å². The monoisotopic (exact) mass is 432 g/mol. The third-order valence-electron chi connectivity index (χ3n) is 0.389. The molecule has 22 heteroatoms. The molecular formula is Mg2O16S4. The van der Waals surface area contributed by atoms with Crippen molar-refractivity contribution in [3.8, 4) is 0 Å². The van der Waals surface area contributed by atoms with Gasteiger partial charge in [-0.1, -0.05) is 0 Å². The standard InChI is InChI=1S/2Mg.2H2O8S2/c;;2*1-9(2,3)7-8-10(4,5)6/h;;2*(H,1,2,3)(H,4,5,6)/q2*+2;;/p-4. The fourth-order valence-corrected chi connectivity index (χ4v) is 1.22. The van der Waals surface area contributed by atoms with E-state index in [4.69, 9.17) is 0 Å². The molecule has 0 saturated heterocycles. The van der Waals surface area contributed by atoms with Crippen LogP contribution in [0.15, 0.2) is 0 Å². The van der Waals surface area contributed by atoms with Crippen molar-refractivity contribution in [1.82, 2.24) is 0 Å². The normalized spacial score (nSPS) is 12.2. The molecule has 22 heavy (non-hydrogen) atoms. The first-order valence-corrected chi connectivity index (χ1v) is 8.33. The van der Waals surface area contributed by atoms with Crippen LogP contribution in [0.25, 0.3) is 0 Å². The van der Waals surface area contributed by atoms with Crippen molar-refractivity contribution in [3.63, 3.8) is 0 Å². The molecule has 0 fully saturated rings. The fourth-order valence-electron chi connectivity index (χ4n) is 0.136. The zero-order valence-electron chi connectivity index (χ0n) is 9.58. The van der Waals surface area contributed by atoms with Gasteiger partial charge in [-0.05, 0) is 0 Å². The Morgan fingerprint density at radius 1 is 0.409 bits per heavy atom. The van der Waals surface area contributed by atoms with Crippen LogP contribution in [0.2, 0.25) is 0 Å². The Labute approximate surface area is 156 Å². The summed E-state index contributed by atoms with van der Waals surface area (Å²) in [4.78, 5) is 0. The average Bonchev–Trinajstić information content (AvgIpc) is 2.09. The van der Waals surface area contributed by atoms with Crippen molar-refractivity contribution in [1.29, 1.82) is 0 Å². The van der Waals surface area contributed by atoms with E-state index < -0.39 is 41.6 Å². The van der Waals surface area contributed by atoms with Gasteiger partial charge in [0.15, 0.2) is 0 Å². The second kappa shape index (κ2) is 11.5. The first kappa shape index (κ1) is 30.8. The maximum Gasteiger partial charge on any atom is 2.00 e. The molecule has 0 atom stereocenters. The molecular weight excluding hydrogens is 433 g/mol. The van der Waals surface area contributed by atoms with Crippen LogP contribution in [-0.2, 0) is 58.9 Å². The van der Waals surface area contributed by atoms with Crippen molar-refractivity contribution in [2.24, 2.45) is 0 Å². The molecule has 0 aromatic rings. The summed E-state index contributed by atoms with van der Waals surface area (Å²) in [5, 5.41) is 0. The van der Waals surface area contributed by atoms with Gasteiger partial charge in [-0.25, -0.2) is 33.7 Å². The largest absolute Gasteiger partial charge is 2.00 e. The second-order valence-electron chi connectivity index (χ2n) is 1.91. The van der Waals surface area contributed by atoms with Gasteiger partial charge < -0.3 is 18.2 Å². The zero-order valence-corrected chi connectivity index (χ0v) is 15.7. The Bertz CT molecular complexity index is 560. The predicted molar refractivity (Wildman–Crippen MR) is 54.6 cm³/mol. The first-order chi connectivity index (χ1) is 8.41. The van der Waals surface area contributed by atoms with Gasteiger partial charge in [0.25, 0.3) is 0 Å². The van der Waals surface area contributed by atoms with Gasteiger partial charge in [0.05, 0.1) is 0 Å². The van der Waals surface area contributed by atoms with Gasteiger partial charge in [-0.15, -0.1) is 17.3 Å². The molecule has 0 aliphatic rings. The van der Waals surface area contributed by atoms with Crippen LogP contribution in [0.1, 0.15) is 0 Å². The molecule has 0 spiro atoms. The second-order valence-corrected chi connectivity index (χ2v) is 5.72. The third-order valence-corrected chi connectivity index (χ3v) is 1.50. The summed E-state index contributed by atoms with van der Waals surface area (Å²) in [6.07, 6.45) is 0. The van der Waals surface area contributed by atoms with Crippen molar-refractivity contribution in [3.05, 3.63) is 0 Å². The number of hydrogen-bond donors (Lipinski definition) is 0. The molecule has 124 valence electrons. The van der Waals surface area contributed by atoms with E-state index in [0.717, 1.165) is 0 Å². The molecule has 0 aliphatic heterocycles. The molecule has 0 saturated carbocycles. The van der Waals surface area contributed by atoms with Crippen LogP contribution in [0, 0.1) is 0 Å². The summed E-state index contributed by atoms with van der Waals surface area (Å²) >= 11 is 0. The maximum atomic E-state index is 9.37. The van der Waals surface area contributed by atoms with Gasteiger partial charge in [0.1, 0.15) is 0 Å². The van der Waals surface area contributed by atoms with E-state index in [1.54, 1.807) is 0 Å². The zero-order chi connectivity index (χ0) is 16.8. The summed E-state index contributed by atoms with van der Waals surface area (Å²) in [6.45, 7) is 0. The van der Waals surface area contributed by atoms with Crippen LogP contribution in [-0.4, -0.2) is 98.0 Å². The van der Waals surface area contributed by atoms with Crippen LogP contribution in [0.4, 0.5) is 0 Å². The van der Waals surface area contributed by atoms with Crippen molar-refractivity contribution in [2.75, 3.05) is 0 Å². The van der Waals surface area contributed by atoms with E-state index >= 15 is 0 Å². The SMILES string of the molecule is O=S(=O)([O-])OOS(=O)(=O)[O-].O=S(=O)([O-])OOS(=O)(=O)[O-].[Mg+2].[Mg+2]. The summed E-state index contributed by atoms with van der Waals surface area (Å²) in [5.41, 5.74) is 0. The third kappa shape index (κ3) is 37.3. The molecule has 0 aromatic heterocycles. The first-order valence-electron chi connectivity index (χ1n) is 3.00. The van der Waals surface area contributed by atoms with Crippen LogP contribution >= 0.6 is 0 Å². The summed E-state index contributed by atoms with van der Waals surface area (Å²) < 4.78 is 123. The quantitative estimate of drug-likeness (QED) is 0.125. The van der Waals surface area contributed by atoms with E-state index in [2.05, 4.69) is 17.3 Å². The number of rotatable bonds is 6. The smallest absolute Gasteiger partial charge is 0.724 e. The van der Waals surface area contributed by atoms with Crippen molar-refractivity contribution in [2.45, 2.75) is 0 Å². The van der Waals surface area contributed by atoms with Gasteiger partial charge in [0.2, 0.25) is 41.6 Å². The molecule has 16 nitrogen and oxygen atoms in total. The van der Waals surface area contributed by atoms with E-state index in [1.165, 1.54) is 0 Å². The fraction of sp³-hybridized carbons (Fsp3) is 0. The molecule has 0 aromatic carbocycles. The maximum absolute atomic E-state index is 9.37. The predicted octanol–water partition coefficient (Wildman–Crippen LogP) is -5.05. The Kier molecular flexibility index (Phi) is 16.2. The van der Waals surface area contributed by atoms with Crippen LogP contribution < -0.4 is 0 Å². The van der Waals surface area contributed by atoms with E-state index in [-0.39, 0.29) is 46.1 Å². The van der Waals surface area contributed by atoms with Gasteiger partial charge in [-0.2, -0.15) is 0 Å². The van der Waals surface area contributed by atoms with Gasteiger partial charge >= 0.3 is 46.1 Å². The molecule has 0 unspecified atom stereocenters. The van der Waals surface area contributed by atoms with Crippen molar-refractivity contribution >= 4 is 87.7 Å². The molecule has 0 N–H and O–H groups in total. The number of hydrogen-bond acceptors (Lipinski definition) is 16. The average molecular weight is 433 g/mol. The van der Waals surface area contributed by atoms with Crippen LogP contribution in [0.3, 0.4) is 0 Å². The Balaban J connectivity index is -0.000000135. The molecule has 0 rings (SSSR count). The minimum Gasteiger partial charge on any atom is -0.724 e. The van der Waals surface area contributed by atoms with Gasteiger partial charge in [-0.3, -0.25) is 0 Å². The summed E-state index contributed by atoms with van der Waals surface area (Å²) in [6, 6.07) is 0. The van der Waals surface area contributed by atoms with E-state index in [0.29, 0.717) is 0 Å².